The van der Waals surface area contributed by atoms with Crippen molar-refractivity contribution in [2.45, 2.75) is 52.6 Å². The molecule has 202 valence electrons. The standard InChI is InChI=1S/C31H32FN3O4/c1-6-8-23(16-29(36)38-7-2)22-9-11-24(12-10-22)39-19-21-15-27(26-17-25(37-5)13-14-28(26)32)31-33-30(20(3)4)34-35(31)18-21/h9-15,17-18,20,23H,7,16,19H2,1-5H3/t23-/m0/s1. The lowest BCUT2D eigenvalue weighted by Crippen LogP contribution is -2.09. The van der Waals surface area contributed by atoms with Gasteiger partial charge in [0.1, 0.15) is 23.9 Å². The number of esters is 1. The molecule has 1 atom stereocenters. The number of ether oxygens (including phenoxy) is 3. The van der Waals surface area contributed by atoms with E-state index in [1.807, 2.05) is 50.4 Å². The van der Waals surface area contributed by atoms with E-state index in [0.717, 1.165) is 11.1 Å². The molecular formula is C31H32FN3O4. The summed E-state index contributed by atoms with van der Waals surface area (Å²) in [4.78, 5) is 16.7. The highest BCUT2D eigenvalue weighted by Crippen LogP contribution is 2.32. The van der Waals surface area contributed by atoms with Crippen LogP contribution in [-0.2, 0) is 16.1 Å². The number of carbonyl (C=O) groups is 1. The van der Waals surface area contributed by atoms with E-state index < -0.39 is 0 Å². The Labute approximate surface area is 227 Å². The summed E-state index contributed by atoms with van der Waals surface area (Å²) < 4.78 is 33.1. The number of benzene rings is 2. The number of fused-ring (bicyclic) bond motifs is 1. The number of pyridine rings is 1. The van der Waals surface area contributed by atoms with E-state index in [-0.39, 0.29) is 36.7 Å². The van der Waals surface area contributed by atoms with Gasteiger partial charge in [0.25, 0.3) is 0 Å². The maximum atomic E-state index is 15.0. The van der Waals surface area contributed by atoms with Crippen molar-refractivity contribution < 1.29 is 23.4 Å². The zero-order valence-corrected chi connectivity index (χ0v) is 22.8. The molecule has 0 spiro atoms. The molecule has 0 aliphatic heterocycles. The molecule has 0 fully saturated rings. The topological polar surface area (TPSA) is 75.0 Å². The lowest BCUT2D eigenvalue weighted by molar-refractivity contribution is -0.143. The fourth-order valence-corrected chi connectivity index (χ4v) is 4.19. The van der Waals surface area contributed by atoms with Gasteiger partial charge < -0.3 is 14.2 Å². The molecule has 0 radical (unpaired) electrons. The second-order valence-corrected chi connectivity index (χ2v) is 9.31. The van der Waals surface area contributed by atoms with Crippen molar-refractivity contribution in [2.75, 3.05) is 13.7 Å². The first kappa shape index (κ1) is 27.6. The summed E-state index contributed by atoms with van der Waals surface area (Å²) in [7, 11) is 1.55. The molecule has 2 aromatic carbocycles. The second-order valence-electron chi connectivity index (χ2n) is 9.31. The first-order valence-corrected chi connectivity index (χ1v) is 12.9. The van der Waals surface area contributed by atoms with Crippen LogP contribution in [0.4, 0.5) is 4.39 Å². The molecule has 7 nitrogen and oxygen atoms in total. The van der Waals surface area contributed by atoms with Gasteiger partial charge in [-0.15, -0.1) is 5.92 Å². The van der Waals surface area contributed by atoms with Crippen LogP contribution in [0.1, 0.15) is 62.9 Å². The van der Waals surface area contributed by atoms with Crippen molar-refractivity contribution in [1.29, 1.82) is 0 Å². The normalized spacial score (nSPS) is 11.7. The minimum Gasteiger partial charge on any atom is -0.497 e. The maximum absolute atomic E-state index is 15.0. The van der Waals surface area contributed by atoms with Gasteiger partial charge in [-0.2, -0.15) is 5.10 Å². The van der Waals surface area contributed by atoms with Crippen LogP contribution in [0.25, 0.3) is 16.8 Å². The van der Waals surface area contributed by atoms with Gasteiger partial charge in [0.15, 0.2) is 11.5 Å². The smallest absolute Gasteiger partial charge is 0.307 e. The Balaban J connectivity index is 1.61. The number of carbonyl (C=O) groups excluding carboxylic acids is 1. The third kappa shape index (κ3) is 6.55. The molecular weight excluding hydrogens is 497 g/mol. The van der Waals surface area contributed by atoms with Crippen LogP contribution in [0.5, 0.6) is 11.5 Å². The number of hydrogen-bond acceptors (Lipinski definition) is 6. The molecule has 0 amide bonds. The van der Waals surface area contributed by atoms with Gasteiger partial charge in [-0.25, -0.2) is 13.9 Å². The molecule has 0 unspecified atom stereocenters. The number of aromatic nitrogens is 3. The molecule has 0 saturated carbocycles. The molecule has 8 heteroatoms. The molecule has 0 saturated heterocycles. The Kier molecular flexibility index (Phi) is 8.82. The predicted molar refractivity (Wildman–Crippen MR) is 147 cm³/mol. The molecule has 0 aliphatic rings. The first-order chi connectivity index (χ1) is 18.8. The minimum atomic E-state index is -0.381. The average molecular weight is 530 g/mol. The third-order valence-corrected chi connectivity index (χ3v) is 6.17. The maximum Gasteiger partial charge on any atom is 0.307 e. The van der Waals surface area contributed by atoms with Gasteiger partial charge in [0.2, 0.25) is 0 Å². The second kappa shape index (κ2) is 12.4. The lowest BCUT2D eigenvalue weighted by atomic mass is 9.96. The Morgan fingerprint density at radius 2 is 1.82 bits per heavy atom. The Hall–Kier alpha value is -4.38. The average Bonchev–Trinajstić information content (AvgIpc) is 3.37. The fourth-order valence-electron chi connectivity index (χ4n) is 4.19. The van der Waals surface area contributed by atoms with E-state index >= 15 is 0 Å². The summed E-state index contributed by atoms with van der Waals surface area (Å²) in [6, 6.07) is 14.0. The SMILES string of the molecule is CC#C[C@@H](CC(=O)OCC)c1ccc(OCc2cc(-c3cc(OC)ccc3F)c3nc(C(C)C)nn3c2)cc1. The van der Waals surface area contributed by atoms with Gasteiger partial charge in [-0.1, -0.05) is 31.9 Å². The van der Waals surface area contributed by atoms with Crippen molar-refractivity contribution in [3.05, 3.63) is 77.5 Å². The van der Waals surface area contributed by atoms with Crippen molar-refractivity contribution in [1.82, 2.24) is 14.6 Å². The molecule has 2 heterocycles. The molecule has 0 bridgehead atoms. The van der Waals surface area contributed by atoms with Crippen LogP contribution in [-0.4, -0.2) is 34.3 Å². The summed E-state index contributed by atoms with van der Waals surface area (Å²) in [6.07, 6.45) is 2.03. The molecule has 4 rings (SSSR count). The van der Waals surface area contributed by atoms with Crippen LogP contribution < -0.4 is 9.47 Å². The number of rotatable bonds is 10. The van der Waals surface area contributed by atoms with Crippen molar-refractivity contribution >= 4 is 11.6 Å². The summed E-state index contributed by atoms with van der Waals surface area (Å²) in [5, 5.41) is 4.62. The predicted octanol–water partition coefficient (Wildman–Crippen LogP) is 6.31. The van der Waals surface area contributed by atoms with Crippen molar-refractivity contribution in [3.8, 4) is 34.5 Å². The van der Waals surface area contributed by atoms with E-state index in [0.29, 0.717) is 40.7 Å². The summed E-state index contributed by atoms with van der Waals surface area (Å²) in [5.74, 6) is 7.02. The van der Waals surface area contributed by atoms with Gasteiger partial charge in [-0.05, 0) is 55.8 Å². The Morgan fingerprint density at radius 3 is 2.49 bits per heavy atom. The zero-order chi connectivity index (χ0) is 27.9. The molecule has 2 aromatic heterocycles. The van der Waals surface area contributed by atoms with Crippen LogP contribution >= 0.6 is 0 Å². The van der Waals surface area contributed by atoms with Gasteiger partial charge in [0.05, 0.1) is 26.1 Å². The van der Waals surface area contributed by atoms with E-state index in [1.54, 1.807) is 37.6 Å². The van der Waals surface area contributed by atoms with Crippen LogP contribution in [0.15, 0.2) is 54.7 Å². The molecule has 0 N–H and O–H groups in total. The van der Waals surface area contributed by atoms with Crippen LogP contribution in [0.2, 0.25) is 0 Å². The zero-order valence-electron chi connectivity index (χ0n) is 22.8. The van der Waals surface area contributed by atoms with E-state index in [4.69, 9.17) is 14.2 Å². The van der Waals surface area contributed by atoms with Crippen molar-refractivity contribution in [2.24, 2.45) is 0 Å². The van der Waals surface area contributed by atoms with Crippen LogP contribution in [0.3, 0.4) is 0 Å². The van der Waals surface area contributed by atoms with E-state index in [2.05, 4.69) is 21.9 Å². The third-order valence-electron chi connectivity index (χ3n) is 6.17. The highest BCUT2D eigenvalue weighted by atomic mass is 19.1. The first-order valence-electron chi connectivity index (χ1n) is 12.9. The van der Waals surface area contributed by atoms with Gasteiger partial charge in [-0.3, -0.25) is 4.79 Å². The monoisotopic (exact) mass is 529 g/mol. The lowest BCUT2D eigenvalue weighted by Gasteiger charge is -2.13. The quantitative estimate of drug-likeness (QED) is 0.177. The van der Waals surface area contributed by atoms with E-state index in [9.17, 15) is 9.18 Å². The highest BCUT2D eigenvalue weighted by molar-refractivity contribution is 5.79. The molecule has 39 heavy (non-hydrogen) atoms. The van der Waals surface area contributed by atoms with Crippen molar-refractivity contribution in [3.63, 3.8) is 0 Å². The summed E-state index contributed by atoms with van der Waals surface area (Å²) in [5.41, 5.74) is 3.23. The summed E-state index contributed by atoms with van der Waals surface area (Å²) in [6.45, 7) is 8.12. The number of halogens is 1. The molecule has 4 aromatic rings. The van der Waals surface area contributed by atoms with Gasteiger partial charge in [0, 0.05) is 28.8 Å². The van der Waals surface area contributed by atoms with E-state index in [1.165, 1.54) is 6.07 Å². The number of methoxy groups -OCH3 is 1. The van der Waals surface area contributed by atoms with Crippen LogP contribution in [0, 0.1) is 17.7 Å². The minimum absolute atomic E-state index is 0.108. The van der Waals surface area contributed by atoms with Gasteiger partial charge >= 0.3 is 5.97 Å². The highest BCUT2D eigenvalue weighted by Gasteiger charge is 2.18. The largest absolute Gasteiger partial charge is 0.497 e. The molecule has 0 aliphatic carbocycles. The number of hydrogen-bond donors (Lipinski definition) is 0. The fraction of sp³-hybridized carbons (Fsp3) is 0.323. The Morgan fingerprint density at radius 1 is 1.08 bits per heavy atom. The number of nitrogens with zero attached hydrogens (tertiary/aromatic N) is 3. The Bertz CT molecular complexity index is 1520. The summed E-state index contributed by atoms with van der Waals surface area (Å²) >= 11 is 0.